The Labute approximate surface area is 204 Å². The molecule has 178 valence electrons. The number of aliphatic hydroxyl groups excluding tert-OH is 1. The summed E-state index contributed by atoms with van der Waals surface area (Å²) < 4.78 is 30.6. The van der Waals surface area contributed by atoms with E-state index in [1.807, 2.05) is 11.0 Å². The molecular weight excluding hydrogens is 545 g/mol. The zero-order chi connectivity index (χ0) is 23.5. The lowest BCUT2D eigenvalue weighted by molar-refractivity contribution is -0.120. The fraction of sp³-hybridized carbons (Fsp3) is 0.500. The van der Waals surface area contributed by atoms with Crippen molar-refractivity contribution in [3.05, 3.63) is 45.3 Å². The van der Waals surface area contributed by atoms with E-state index in [2.05, 4.69) is 37.9 Å². The number of amides is 1. The van der Waals surface area contributed by atoms with Gasteiger partial charge in [-0.2, -0.15) is 4.39 Å². The highest BCUT2D eigenvalue weighted by molar-refractivity contribution is 14.1. The summed E-state index contributed by atoms with van der Waals surface area (Å²) in [7, 11) is 0. The summed E-state index contributed by atoms with van der Waals surface area (Å²) in [6.45, 7) is 1.62. The maximum atomic E-state index is 15.4. The molecule has 0 unspecified atom stereocenters. The second kappa shape index (κ2) is 10.4. The standard InChI is InChI=1S/C22H27F2IN6O2/c23-17-7-15(25)2-1-14(17)9-31(16-3-4-16)22-20(24)21(28-12-29-22)27-8-13-5-6-30(10-18(13)32)11-19(26)33/h1-2,7,12-13,16,18,32H,3-6,8-11H2,(H2,26,33)(H,27,28,29)/t13-,18+/m0/s1. The number of β-amino-alcohol motifs (C(OH)–C–C–N with tert-alkyl or cyclic N) is 1. The van der Waals surface area contributed by atoms with E-state index >= 15 is 4.39 Å². The SMILES string of the molecule is NC(=O)CN1CC[C@@H](CNc2ncnc(N(Cc3ccc(I)cc3F)C3CC3)c2F)[C@H](O)C1. The number of aliphatic hydroxyl groups is 1. The largest absolute Gasteiger partial charge is 0.391 e. The van der Waals surface area contributed by atoms with E-state index in [9.17, 15) is 14.3 Å². The summed E-state index contributed by atoms with van der Waals surface area (Å²) in [5.41, 5.74) is 5.71. The highest BCUT2D eigenvalue weighted by atomic mass is 127. The van der Waals surface area contributed by atoms with Gasteiger partial charge in [-0.25, -0.2) is 14.4 Å². The molecule has 1 aliphatic heterocycles. The molecule has 2 heterocycles. The number of aromatic nitrogens is 2. The van der Waals surface area contributed by atoms with Crippen molar-refractivity contribution in [2.75, 3.05) is 36.4 Å². The van der Waals surface area contributed by atoms with Gasteiger partial charge in [-0.3, -0.25) is 9.69 Å². The molecule has 1 aromatic heterocycles. The van der Waals surface area contributed by atoms with Gasteiger partial charge in [-0.05, 0) is 60.5 Å². The van der Waals surface area contributed by atoms with Crippen LogP contribution in [0.4, 0.5) is 20.4 Å². The molecule has 0 radical (unpaired) electrons. The lowest BCUT2D eigenvalue weighted by atomic mass is 9.93. The van der Waals surface area contributed by atoms with E-state index in [1.165, 1.54) is 12.4 Å². The normalized spacial score (nSPS) is 21.1. The minimum absolute atomic E-state index is 0.0560. The van der Waals surface area contributed by atoms with E-state index in [-0.39, 0.29) is 42.5 Å². The summed E-state index contributed by atoms with van der Waals surface area (Å²) in [5.74, 6) is -1.26. The van der Waals surface area contributed by atoms with Crippen LogP contribution in [0.1, 0.15) is 24.8 Å². The molecule has 1 aromatic carbocycles. The van der Waals surface area contributed by atoms with Crippen LogP contribution in [0.2, 0.25) is 0 Å². The molecule has 0 spiro atoms. The number of piperidine rings is 1. The van der Waals surface area contributed by atoms with E-state index in [4.69, 9.17) is 5.73 Å². The molecule has 2 aliphatic rings. The first-order valence-corrected chi connectivity index (χ1v) is 12.0. The molecular formula is C22H27F2IN6O2. The number of carbonyl (C=O) groups is 1. The number of halogens is 3. The number of nitrogens with one attached hydrogen (secondary N) is 1. The average Bonchev–Trinajstić information content (AvgIpc) is 3.59. The van der Waals surface area contributed by atoms with Crippen molar-refractivity contribution in [3.63, 3.8) is 0 Å². The fourth-order valence-electron chi connectivity index (χ4n) is 4.16. The van der Waals surface area contributed by atoms with Crippen LogP contribution < -0.4 is 16.0 Å². The minimum atomic E-state index is -0.665. The van der Waals surface area contributed by atoms with Crippen molar-refractivity contribution in [1.29, 1.82) is 0 Å². The molecule has 4 rings (SSSR count). The molecule has 1 aliphatic carbocycles. The first kappa shape index (κ1) is 24.0. The number of hydrogen-bond donors (Lipinski definition) is 3. The number of benzene rings is 1. The highest BCUT2D eigenvalue weighted by Gasteiger charge is 2.33. The Kier molecular flexibility index (Phi) is 7.59. The first-order chi connectivity index (χ1) is 15.8. The maximum absolute atomic E-state index is 15.4. The topological polar surface area (TPSA) is 108 Å². The Morgan fingerprint density at radius 2 is 2.09 bits per heavy atom. The number of rotatable bonds is 9. The van der Waals surface area contributed by atoms with Crippen molar-refractivity contribution in [3.8, 4) is 0 Å². The summed E-state index contributed by atoms with van der Waals surface area (Å²) in [6.07, 6.45) is 3.07. The first-order valence-electron chi connectivity index (χ1n) is 11.0. The number of carbonyl (C=O) groups excluding carboxylic acids is 1. The Balaban J connectivity index is 1.44. The third kappa shape index (κ3) is 6.07. The number of likely N-dealkylation sites (tertiary alicyclic amines) is 1. The molecule has 1 amide bonds. The van der Waals surface area contributed by atoms with E-state index < -0.39 is 17.8 Å². The zero-order valence-electron chi connectivity index (χ0n) is 18.1. The lowest BCUT2D eigenvalue weighted by Crippen LogP contribution is -2.48. The van der Waals surface area contributed by atoms with Crippen molar-refractivity contribution in [1.82, 2.24) is 14.9 Å². The Bertz CT molecular complexity index is 1010. The summed E-state index contributed by atoms with van der Waals surface area (Å²) >= 11 is 2.05. The molecule has 1 saturated heterocycles. The van der Waals surface area contributed by atoms with Crippen LogP contribution in [-0.2, 0) is 11.3 Å². The third-order valence-electron chi connectivity index (χ3n) is 6.10. The Morgan fingerprint density at radius 1 is 1.30 bits per heavy atom. The van der Waals surface area contributed by atoms with Gasteiger partial charge >= 0.3 is 0 Å². The van der Waals surface area contributed by atoms with Crippen LogP contribution in [0, 0.1) is 21.1 Å². The van der Waals surface area contributed by atoms with Crippen LogP contribution >= 0.6 is 22.6 Å². The van der Waals surface area contributed by atoms with Crippen LogP contribution in [0.3, 0.4) is 0 Å². The predicted octanol–water partition coefficient (Wildman–Crippen LogP) is 2.11. The molecule has 0 bridgehead atoms. The van der Waals surface area contributed by atoms with Crippen molar-refractivity contribution in [2.24, 2.45) is 11.7 Å². The quantitative estimate of drug-likeness (QED) is 0.396. The van der Waals surface area contributed by atoms with Gasteiger partial charge < -0.3 is 21.1 Å². The smallest absolute Gasteiger partial charge is 0.231 e. The second-order valence-electron chi connectivity index (χ2n) is 8.65. The molecule has 11 heteroatoms. The van der Waals surface area contributed by atoms with Crippen molar-refractivity contribution in [2.45, 2.75) is 38.0 Å². The van der Waals surface area contributed by atoms with Crippen molar-refractivity contribution < 1.29 is 18.7 Å². The summed E-state index contributed by atoms with van der Waals surface area (Å²) in [6, 6.07) is 5.12. The van der Waals surface area contributed by atoms with Gasteiger partial charge in [0.05, 0.1) is 12.6 Å². The van der Waals surface area contributed by atoms with Gasteiger partial charge in [0.2, 0.25) is 11.7 Å². The Morgan fingerprint density at radius 3 is 2.76 bits per heavy atom. The fourth-order valence-corrected chi connectivity index (χ4v) is 4.61. The molecule has 4 N–H and O–H groups in total. The van der Waals surface area contributed by atoms with Gasteiger partial charge in [-0.1, -0.05) is 6.07 Å². The van der Waals surface area contributed by atoms with Crippen molar-refractivity contribution >= 4 is 40.1 Å². The van der Waals surface area contributed by atoms with Gasteiger partial charge in [0.1, 0.15) is 12.1 Å². The monoisotopic (exact) mass is 572 g/mol. The van der Waals surface area contributed by atoms with Crippen LogP contribution in [0.5, 0.6) is 0 Å². The number of primary amides is 1. The summed E-state index contributed by atoms with van der Waals surface area (Å²) in [4.78, 5) is 22.9. The Hall–Kier alpha value is -2.12. The van der Waals surface area contributed by atoms with Gasteiger partial charge in [0.15, 0.2) is 11.6 Å². The number of nitrogens with zero attached hydrogens (tertiary/aromatic N) is 4. The van der Waals surface area contributed by atoms with Gasteiger partial charge in [0.25, 0.3) is 0 Å². The molecule has 8 nitrogen and oxygen atoms in total. The average molecular weight is 572 g/mol. The molecule has 33 heavy (non-hydrogen) atoms. The number of hydrogen-bond acceptors (Lipinski definition) is 7. The van der Waals surface area contributed by atoms with Crippen LogP contribution in [-0.4, -0.2) is 64.2 Å². The van der Waals surface area contributed by atoms with E-state index in [0.29, 0.717) is 31.6 Å². The summed E-state index contributed by atoms with van der Waals surface area (Å²) in [5, 5.41) is 13.4. The molecule has 2 aromatic rings. The predicted molar refractivity (Wildman–Crippen MR) is 129 cm³/mol. The van der Waals surface area contributed by atoms with Gasteiger partial charge in [0, 0.05) is 40.7 Å². The van der Waals surface area contributed by atoms with E-state index in [0.717, 1.165) is 16.4 Å². The van der Waals surface area contributed by atoms with E-state index in [1.54, 1.807) is 11.0 Å². The molecule has 1 saturated carbocycles. The van der Waals surface area contributed by atoms with Crippen LogP contribution in [0.25, 0.3) is 0 Å². The highest BCUT2D eigenvalue weighted by Crippen LogP contribution is 2.35. The van der Waals surface area contributed by atoms with Crippen LogP contribution in [0.15, 0.2) is 24.5 Å². The maximum Gasteiger partial charge on any atom is 0.231 e. The minimum Gasteiger partial charge on any atom is -0.391 e. The lowest BCUT2D eigenvalue weighted by Gasteiger charge is -2.35. The second-order valence-corrected chi connectivity index (χ2v) is 9.90. The zero-order valence-corrected chi connectivity index (χ0v) is 20.2. The number of nitrogens with two attached hydrogens (primary N) is 1. The van der Waals surface area contributed by atoms with Gasteiger partial charge in [-0.15, -0.1) is 0 Å². The molecule has 2 fully saturated rings. The third-order valence-corrected chi connectivity index (χ3v) is 6.77. The number of anilines is 2. The molecule has 2 atom stereocenters.